The van der Waals surface area contributed by atoms with Crippen molar-refractivity contribution in [1.82, 2.24) is 10.6 Å². The highest BCUT2D eigenvalue weighted by atomic mass is 19.1. The summed E-state index contributed by atoms with van der Waals surface area (Å²) in [7, 11) is 0. The lowest BCUT2D eigenvalue weighted by molar-refractivity contribution is -0.116. The molecule has 2 aliphatic heterocycles. The quantitative estimate of drug-likeness (QED) is 0.494. The average molecular weight is 453 g/mol. The lowest BCUT2D eigenvalue weighted by Gasteiger charge is -2.25. The molecule has 1 unspecified atom stereocenters. The first-order valence-corrected chi connectivity index (χ1v) is 10.7. The summed E-state index contributed by atoms with van der Waals surface area (Å²) < 4.78 is 25.5. The third-order valence-electron chi connectivity index (χ3n) is 5.39. The molecule has 0 bridgehead atoms. The van der Waals surface area contributed by atoms with E-state index in [4.69, 9.17) is 9.47 Å². The number of hydrogen-bond donors (Lipinski definition) is 2. The molecule has 0 radical (unpaired) electrons. The molecule has 2 saturated heterocycles. The molecular formula is C24H24FN3O5. The molecule has 4 rings (SSSR count). The van der Waals surface area contributed by atoms with Gasteiger partial charge in [0.15, 0.2) is 5.78 Å². The molecule has 33 heavy (non-hydrogen) atoms. The molecule has 0 aliphatic carbocycles. The Morgan fingerprint density at radius 1 is 1.18 bits per heavy atom. The number of anilines is 1. The Bertz CT molecular complexity index is 1050. The number of amides is 2. The smallest absolute Gasteiger partial charge is 0.414 e. The van der Waals surface area contributed by atoms with Gasteiger partial charge >= 0.3 is 6.09 Å². The second-order valence-electron chi connectivity index (χ2n) is 7.69. The second kappa shape index (κ2) is 10.4. The first-order valence-electron chi connectivity index (χ1n) is 10.7. The summed E-state index contributed by atoms with van der Waals surface area (Å²) in [4.78, 5) is 37.6. The van der Waals surface area contributed by atoms with Crippen LogP contribution < -0.4 is 15.5 Å². The number of allylic oxidation sites excluding steroid dienone is 1. The van der Waals surface area contributed by atoms with Crippen LogP contribution in [0.25, 0.3) is 0 Å². The highest BCUT2D eigenvalue weighted by Crippen LogP contribution is 2.28. The molecule has 9 heteroatoms. The zero-order chi connectivity index (χ0) is 23.2. The summed E-state index contributed by atoms with van der Waals surface area (Å²) in [5.41, 5.74) is 1.28. The van der Waals surface area contributed by atoms with Gasteiger partial charge in [0.1, 0.15) is 11.9 Å². The molecule has 172 valence electrons. The Morgan fingerprint density at radius 2 is 2.00 bits per heavy atom. The van der Waals surface area contributed by atoms with E-state index in [1.165, 1.54) is 17.0 Å². The third kappa shape index (κ3) is 5.63. The SMILES string of the molecule is O=C(C=CC(=O)c1ccccc1)NC[C@H]1CN(c2ccc(C3CNCCO3)c(F)c2)C(=O)O1. The third-order valence-corrected chi connectivity index (χ3v) is 5.39. The average Bonchev–Trinajstić information content (AvgIpc) is 3.22. The molecule has 2 aromatic carbocycles. The Labute approximate surface area is 190 Å². The maximum absolute atomic E-state index is 14.7. The van der Waals surface area contributed by atoms with Crippen LogP contribution in [0.5, 0.6) is 0 Å². The van der Waals surface area contributed by atoms with Gasteiger partial charge in [-0.15, -0.1) is 0 Å². The van der Waals surface area contributed by atoms with Crippen molar-refractivity contribution in [2.45, 2.75) is 12.2 Å². The number of rotatable bonds is 7. The number of nitrogens with zero attached hydrogens (tertiary/aromatic N) is 1. The van der Waals surface area contributed by atoms with Gasteiger partial charge in [0.2, 0.25) is 5.91 Å². The lowest BCUT2D eigenvalue weighted by Crippen LogP contribution is -2.34. The zero-order valence-corrected chi connectivity index (χ0v) is 17.8. The van der Waals surface area contributed by atoms with Gasteiger partial charge in [0, 0.05) is 30.3 Å². The summed E-state index contributed by atoms with van der Waals surface area (Å²) in [5.74, 6) is -1.23. The predicted octanol–water partition coefficient (Wildman–Crippen LogP) is 2.37. The van der Waals surface area contributed by atoms with Crippen LogP contribution in [0.3, 0.4) is 0 Å². The number of morpholine rings is 1. The Hall–Kier alpha value is -3.56. The number of ether oxygens (including phenoxy) is 2. The van der Waals surface area contributed by atoms with E-state index in [2.05, 4.69) is 10.6 Å². The van der Waals surface area contributed by atoms with Gasteiger partial charge in [-0.2, -0.15) is 0 Å². The predicted molar refractivity (Wildman–Crippen MR) is 118 cm³/mol. The largest absolute Gasteiger partial charge is 0.442 e. The molecule has 8 nitrogen and oxygen atoms in total. The van der Waals surface area contributed by atoms with Crippen molar-refractivity contribution in [1.29, 1.82) is 0 Å². The van der Waals surface area contributed by atoms with E-state index >= 15 is 0 Å². The molecule has 2 N–H and O–H groups in total. The zero-order valence-electron chi connectivity index (χ0n) is 17.8. The van der Waals surface area contributed by atoms with E-state index in [1.807, 2.05) is 0 Å². The number of benzene rings is 2. The van der Waals surface area contributed by atoms with E-state index in [-0.39, 0.29) is 25.0 Å². The molecule has 0 aromatic heterocycles. The second-order valence-corrected chi connectivity index (χ2v) is 7.69. The van der Waals surface area contributed by atoms with Gasteiger partial charge in [-0.3, -0.25) is 14.5 Å². The van der Waals surface area contributed by atoms with E-state index in [0.717, 1.165) is 12.6 Å². The van der Waals surface area contributed by atoms with Gasteiger partial charge in [0.25, 0.3) is 0 Å². The van der Waals surface area contributed by atoms with Crippen molar-refractivity contribution in [2.75, 3.05) is 37.7 Å². The number of cyclic esters (lactones) is 1. The summed E-state index contributed by atoms with van der Waals surface area (Å²) in [6, 6.07) is 13.1. The van der Waals surface area contributed by atoms with Gasteiger partial charge in [-0.25, -0.2) is 9.18 Å². The molecule has 2 aliphatic rings. The number of carbonyl (C=O) groups is 3. The first-order chi connectivity index (χ1) is 16.0. The Morgan fingerprint density at radius 3 is 2.73 bits per heavy atom. The fourth-order valence-corrected chi connectivity index (χ4v) is 3.67. The fourth-order valence-electron chi connectivity index (χ4n) is 3.67. The van der Waals surface area contributed by atoms with Crippen molar-refractivity contribution in [2.24, 2.45) is 0 Å². The van der Waals surface area contributed by atoms with Gasteiger partial charge in [-0.1, -0.05) is 36.4 Å². The first kappa shape index (κ1) is 22.6. The van der Waals surface area contributed by atoms with Crippen LogP contribution in [0.15, 0.2) is 60.7 Å². The number of carbonyl (C=O) groups excluding carboxylic acids is 3. The molecular weight excluding hydrogens is 429 g/mol. The van der Waals surface area contributed by atoms with Crippen LogP contribution in [-0.2, 0) is 14.3 Å². The normalized spacial score (nSPS) is 20.6. The Kier molecular flexibility index (Phi) is 7.11. The standard InChI is InChI=1S/C24H24FN3O5/c25-20-12-17(6-7-19(20)22-14-26-10-11-32-22)28-15-18(33-24(28)31)13-27-23(30)9-8-21(29)16-4-2-1-3-5-16/h1-9,12,18,22,26H,10-11,13-15H2,(H,27,30)/t18-,22?/m0/s1. The van der Waals surface area contributed by atoms with E-state index in [0.29, 0.717) is 30.0 Å². The molecule has 2 amide bonds. The molecule has 0 saturated carbocycles. The molecule has 2 aromatic rings. The summed E-state index contributed by atoms with van der Waals surface area (Å²) in [6.07, 6.45) is 0.733. The lowest BCUT2D eigenvalue weighted by atomic mass is 10.1. The van der Waals surface area contributed by atoms with Crippen LogP contribution in [0.1, 0.15) is 22.0 Å². The fraction of sp³-hybridized carbons (Fsp3) is 0.292. The highest BCUT2D eigenvalue weighted by Gasteiger charge is 2.33. The highest BCUT2D eigenvalue weighted by molar-refractivity contribution is 6.07. The topological polar surface area (TPSA) is 97.0 Å². The van der Waals surface area contributed by atoms with Crippen molar-refractivity contribution in [3.63, 3.8) is 0 Å². The minimum absolute atomic E-state index is 0.0626. The number of ketones is 1. The van der Waals surface area contributed by atoms with Crippen LogP contribution in [0.2, 0.25) is 0 Å². The summed E-state index contributed by atoms with van der Waals surface area (Å²) in [5, 5.41) is 5.76. The molecule has 2 fully saturated rings. The number of nitrogens with one attached hydrogen (secondary N) is 2. The van der Waals surface area contributed by atoms with Crippen LogP contribution in [0, 0.1) is 5.82 Å². The van der Waals surface area contributed by atoms with E-state index < -0.39 is 23.9 Å². The molecule has 2 heterocycles. The summed E-state index contributed by atoms with van der Waals surface area (Å²) in [6.45, 7) is 1.98. The van der Waals surface area contributed by atoms with Crippen molar-refractivity contribution >= 4 is 23.5 Å². The maximum Gasteiger partial charge on any atom is 0.414 e. The van der Waals surface area contributed by atoms with Crippen LogP contribution in [-0.4, -0.2) is 56.7 Å². The van der Waals surface area contributed by atoms with Crippen molar-refractivity contribution < 1.29 is 28.2 Å². The van der Waals surface area contributed by atoms with E-state index in [9.17, 15) is 18.8 Å². The van der Waals surface area contributed by atoms with Crippen LogP contribution >= 0.6 is 0 Å². The van der Waals surface area contributed by atoms with Gasteiger partial charge < -0.3 is 20.1 Å². The minimum atomic E-state index is -0.619. The minimum Gasteiger partial charge on any atom is -0.442 e. The molecule has 2 atom stereocenters. The maximum atomic E-state index is 14.7. The van der Waals surface area contributed by atoms with Crippen molar-refractivity contribution in [3.05, 3.63) is 77.6 Å². The van der Waals surface area contributed by atoms with Crippen LogP contribution in [0.4, 0.5) is 14.9 Å². The summed E-state index contributed by atoms with van der Waals surface area (Å²) >= 11 is 0. The van der Waals surface area contributed by atoms with E-state index in [1.54, 1.807) is 42.5 Å². The van der Waals surface area contributed by atoms with Gasteiger partial charge in [-0.05, 0) is 18.2 Å². The number of halogens is 1. The number of hydrogen-bond acceptors (Lipinski definition) is 6. The van der Waals surface area contributed by atoms with Crippen molar-refractivity contribution in [3.8, 4) is 0 Å². The Balaban J connectivity index is 1.30. The van der Waals surface area contributed by atoms with Gasteiger partial charge in [0.05, 0.1) is 31.5 Å². The molecule has 0 spiro atoms. The monoisotopic (exact) mass is 453 g/mol.